The van der Waals surface area contributed by atoms with Gasteiger partial charge in [0, 0.05) is 56.6 Å². The molecule has 1 fully saturated rings. The third-order valence-corrected chi connectivity index (χ3v) is 5.80. The number of allylic oxidation sites excluding steroid dienone is 1. The number of fused-ring (bicyclic) bond motifs is 1. The van der Waals surface area contributed by atoms with Crippen LogP contribution in [0.3, 0.4) is 0 Å². The van der Waals surface area contributed by atoms with Crippen molar-refractivity contribution < 1.29 is 24.2 Å². The Bertz CT molecular complexity index is 1040. The molecule has 1 aliphatic heterocycles. The predicted molar refractivity (Wildman–Crippen MR) is 124 cm³/mol. The molecular weight excluding hydrogens is 425 g/mol. The minimum absolute atomic E-state index is 0.248. The van der Waals surface area contributed by atoms with Gasteiger partial charge in [0.2, 0.25) is 0 Å². The van der Waals surface area contributed by atoms with Gasteiger partial charge in [-0.25, -0.2) is 14.0 Å². The van der Waals surface area contributed by atoms with Crippen LogP contribution in [0.25, 0.3) is 16.7 Å². The number of carboxylic acids is 2. The van der Waals surface area contributed by atoms with E-state index in [1.807, 2.05) is 12.1 Å². The maximum atomic E-state index is 14.2. The second-order valence-corrected chi connectivity index (χ2v) is 8.03. The van der Waals surface area contributed by atoms with E-state index in [1.54, 1.807) is 12.3 Å². The number of carboxylic acid groups (broad SMARTS) is 2. The molecule has 4 rings (SSSR count). The van der Waals surface area contributed by atoms with Crippen LogP contribution in [0.1, 0.15) is 17.5 Å². The molecule has 1 aliphatic carbocycles. The molecule has 0 amide bonds. The maximum Gasteiger partial charge on any atom is 0.328 e. The van der Waals surface area contributed by atoms with E-state index in [0.29, 0.717) is 17.7 Å². The topological polar surface area (TPSA) is 94.0 Å². The minimum atomic E-state index is -1.26. The zero-order chi connectivity index (χ0) is 23.8. The molecule has 8 heteroatoms. The molecule has 0 bridgehead atoms. The van der Waals surface area contributed by atoms with Crippen LogP contribution in [0.5, 0.6) is 0 Å². The number of rotatable bonds is 6. The first-order chi connectivity index (χ1) is 15.8. The number of benzene rings is 1. The number of piperazine rings is 1. The van der Waals surface area contributed by atoms with Crippen molar-refractivity contribution in [3.05, 3.63) is 71.8 Å². The van der Waals surface area contributed by atoms with Gasteiger partial charge in [0.05, 0.1) is 6.20 Å². The number of nitrogens with zero attached hydrogens (tertiary/aromatic N) is 3. The molecule has 0 spiro atoms. The van der Waals surface area contributed by atoms with E-state index >= 15 is 0 Å². The van der Waals surface area contributed by atoms with Gasteiger partial charge < -0.3 is 20.0 Å². The second kappa shape index (κ2) is 11.5. The molecule has 33 heavy (non-hydrogen) atoms. The van der Waals surface area contributed by atoms with E-state index < -0.39 is 11.9 Å². The van der Waals surface area contributed by atoms with Gasteiger partial charge in [-0.15, -0.1) is 0 Å². The van der Waals surface area contributed by atoms with Gasteiger partial charge in [-0.1, -0.05) is 24.3 Å². The highest BCUT2D eigenvalue weighted by molar-refractivity contribution is 5.89. The standard InChI is InChI=1S/C21H24FN3.C4H4O4/c1-24-11-13-25(14-12-24)10-8-16-5-6-19-17(16)3-2-4-18(19)20-7-9-23-15-21(20)22;5-3(6)1-2-4(7)8/h2-5,7,9,15H,6,8,10-14H2,1H3;1-2H,(H,5,6)(H,7,8). The normalized spacial score (nSPS) is 16.1. The summed E-state index contributed by atoms with van der Waals surface area (Å²) in [6.07, 6.45) is 8.36. The minimum Gasteiger partial charge on any atom is -0.478 e. The Morgan fingerprint density at radius 3 is 2.33 bits per heavy atom. The highest BCUT2D eigenvalue weighted by Crippen LogP contribution is 2.37. The molecule has 0 unspecified atom stereocenters. The summed E-state index contributed by atoms with van der Waals surface area (Å²) < 4.78 is 14.2. The number of likely N-dealkylation sites (N-methyl/N-ethyl adjacent to an activating group) is 1. The van der Waals surface area contributed by atoms with Crippen LogP contribution >= 0.6 is 0 Å². The molecule has 174 valence electrons. The van der Waals surface area contributed by atoms with Crippen molar-refractivity contribution in [3.8, 4) is 11.1 Å². The Hall–Kier alpha value is -3.36. The lowest BCUT2D eigenvalue weighted by atomic mass is 9.94. The van der Waals surface area contributed by atoms with Crippen molar-refractivity contribution in [2.45, 2.75) is 12.8 Å². The molecule has 2 heterocycles. The van der Waals surface area contributed by atoms with E-state index in [-0.39, 0.29) is 5.82 Å². The van der Waals surface area contributed by atoms with Crippen LogP contribution in [-0.4, -0.2) is 76.7 Å². The number of halogens is 1. The summed E-state index contributed by atoms with van der Waals surface area (Å²) >= 11 is 0. The molecule has 2 N–H and O–H groups in total. The zero-order valence-corrected chi connectivity index (χ0v) is 18.6. The third-order valence-electron chi connectivity index (χ3n) is 5.80. The summed E-state index contributed by atoms with van der Waals surface area (Å²) in [5.41, 5.74) is 5.61. The van der Waals surface area contributed by atoms with Gasteiger partial charge in [0.1, 0.15) is 5.82 Å². The summed E-state index contributed by atoms with van der Waals surface area (Å²) in [5, 5.41) is 15.6. The smallest absolute Gasteiger partial charge is 0.328 e. The quantitative estimate of drug-likeness (QED) is 0.649. The summed E-state index contributed by atoms with van der Waals surface area (Å²) in [6.45, 7) is 5.72. The predicted octanol–water partition coefficient (Wildman–Crippen LogP) is 3.18. The molecule has 0 saturated carbocycles. The second-order valence-electron chi connectivity index (χ2n) is 8.03. The van der Waals surface area contributed by atoms with Crippen molar-refractivity contribution in [1.82, 2.24) is 14.8 Å². The lowest BCUT2D eigenvalue weighted by molar-refractivity contribution is -0.134. The molecule has 1 aromatic carbocycles. The van der Waals surface area contributed by atoms with Gasteiger partial charge in [0.25, 0.3) is 0 Å². The molecule has 0 radical (unpaired) electrons. The van der Waals surface area contributed by atoms with E-state index in [4.69, 9.17) is 10.2 Å². The van der Waals surface area contributed by atoms with E-state index in [1.165, 1.54) is 22.9 Å². The van der Waals surface area contributed by atoms with Gasteiger partial charge in [-0.3, -0.25) is 4.98 Å². The first-order valence-corrected chi connectivity index (χ1v) is 10.8. The van der Waals surface area contributed by atoms with E-state index in [0.717, 1.165) is 51.1 Å². The summed E-state index contributed by atoms with van der Waals surface area (Å²) in [4.78, 5) is 27.9. The maximum absolute atomic E-state index is 14.2. The van der Waals surface area contributed by atoms with E-state index in [2.05, 4.69) is 34.0 Å². The lowest BCUT2D eigenvalue weighted by Crippen LogP contribution is -2.44. The van der Waals surface area contributed by atoms with Crippen LogP contribution < -0.4 is 0 Å². The molecule has 2 aliphatic rings. The average Bonchev–Trinajstić information content (AvgIpc) is 3.21. The fourth-order valence-electron chi connectivity index (χ4n) is 4.02. The van der Waals surface area contributed by atoms with Gasteiger partial charge in [0.15, 0.2) is 0 Å². The first kappa shape index (κ1) is 24.3. The SMILES string of the molecule is CN1CCN(CCC2=CCc3c2cccc3-c2ccncc2F)CC1.O=C(O)C=CC(=O)O. The summed E-state index contributed by atoms with van der Waals surface area (Å²) in [5.74, 6) is -2.76. The number of carbonyl (C=O) groups is 2. The zero-order valence-electron chi connectivity index (χ0n) is 18.6. The highest BCUT2D eigenvalue weighted by atomic mass is 19.1. The number of aromatic nitrogens is 1. The third kappa shape index (κ3) is 6.81. The average molecular weight is 454 g/mol. The molecular formula is C25H28FN3O4. The largest absolute Gasteiger partial charge is 0.478 e. The van der Waals surface area contributed by atoms with E-state index in [9.17, 15) is 14.0 Å². The van der Waals surface area contributed by atoms with Crippen LogP contribution in [0.15, 0.2) is 54.9 Å². The van der Waals surface area contributed by atoms with Gasteiger partial charge >= 0.3 is 11.9 Å². The molecule has 1 aromatic heterocycles. The monoisotopic (exact) mass is 453 g/mol. The van der Waals surface area contributed by atoms with Crippen LogP contribution in [-0.2, 0) is 16.0 Å². The Balaban J connectivity index is 0.000000331. The van der Waals surface area contributed by atoms with Gasteiger partial charge in [-0.2, -0.15) is 0 Å². The lowest BCUT2D eigenvalue weighted by Gasteiger charge is -2.32. The molecule has 2 aromatic rings. The van der Waals surface area contributed by atoms with Crippen molar-refractivity contribution in [2.75, 3.05) is 39.8 Å². The van der Waals surface area contributed by atoms with Crippen LogP contribution in [0.2, 0.25) is 0 Å². The van der Waals surface area contributed by atoms with Gasteiger partial charge in [-0.05, 0) is 48.2 Å². The van der Waals surface area contributed by atoms with Crippen LogP contribution in [0.4, 0.5) is 4.39 Å². The summed E-state index contributed by atoms with van der Waals surface area (Å²) in [7, 11) is 2.19. The van der Waals surface area contributed by atoms with Crippen molar-refractivity contribution in [1.29, 1.82) is 0 Å². The number of aliphatic carboxylic acids is 2. The number of pyridine rings is 1. The Morgan fingerprint density at radius 2 is 1.70 bits per heavy atom. The Labute approximate surface area is 192 Å². The fourth-order valence-corrected chi connectivity index (χ4v) is 4.02. The Kier molecular flexibility index (Phi) is 8.46. The fraction of sp³-hybridized carbons (Fsp3) is 0.320. The number of hydrogen-bond acceptors (Lipinski definition) is 5. The van der Waals surface area contributed by atoms with Crippen molar-refractivity contribution in [3.63, 3.8) is 0 Å². The van der Waals surface area contributed by atoms with Crippen molar-refractivity contribution in [2.24, 2.45) is 0 Å². The Morgan fingerprint density at radius 1 is 1.03 bits per heavy atom. The van der Waals surface area contributed by atoms with Crippen molar-refractivity contribution >= 4 is 17.5 Å². The molecule has 1 saturated heterocycles. The molecule has 7 nitrogen and oxygen atoms in total. The highest BCUT2D eigenvalue weighted by Gasteiger charge is 2.20. The van der Waals surface area contributed by atoms with Crippen LogP contribution in [0, 0.1) is 5.82 Å². The molecule has 0 atom stereocenters. The summed E-state index contributed by atoms with van der Waals surface area (Å²) in [6, 6.07) is 8.02. The number of hydrogen-bond donors (Lipinski definition) is 2. The first-order valence-electron chi connectivity index (χ1n) is 10.8.